The van der Waals surface area contributed by atoms with E-state index in [-0.39, 0.29) is 6.29 Å². The lowest BCUT2D eigenvalue weighted by Crippen LogP contribution is -2.11. The number of hydrogen-bond acceptors (Lipinski definition) is 6. The zero-order valence-corrected chi connectivity index (χ0v) is 15.7. The van der Waals surface area contributed by atoms with Crippen molar-refractivity contribution in [2.24, 2.45) is 0 Å². The number of nitrogens with one attached hydrogen (secondary N) is 1. The molecule has 29 heavy (non-hydrogen) atoms. The number of fused-ring (bicyclic) bond motifs is 2. The monoisotopic (exact) mass is 383 g/mol. The van der Waals surface area contributed by atoms with Gasteiger partial charge in [-0.05, 0) is 35.9 Å². The molecule has 1 unspecified atom stereocenters. The predicted molar refractivity (Wildman–Crippen MR) is 109 cm³/mol. The Kier molecular flexibility index (Phi) is 4.03. The fourth-order valence-electron chi connectivity index (χ4n) is 3.32. The molecule has 1 aliphatic heterocycles. The molecule has 2 aromatic carbocycles. The minimum Gasteiger partial charge on any atom is -0.451 e. The molecule has 4 aromatic rings. The minimum atomic E-state index is -0.256. The molecule has 1 atom stereocenters. The van der Waals surface area contributed by atoms with Gasteiger partial charge in [0.15, 0.2) is 17.1 Å². The third-order valence-corrected chi connectivity index (χ3v) is 4.68. The van der Waals surface area contributed by atoms with E-state index in [0.717, 1.165) is 33.7 Å². The molecule has 0 bridgehead atoms. The Morgan fingerprint density at radius 1 is 1.14 bits per heavy atom. The maximum atomic E-state index is 5.64. The van der Waals surface area contributed by atoms with E-state index in [1.807, 2.05) is 49.4 Å². The molecule has 0 fully saturated rings. The van der Waals surface area contributed by atoms with Crippen molar-refractivity contribution in [2.75, 3.05) is 5.32 Å². The quantitative estimate of drug-likeness (QED) is 0.544. The Morgan fingerprint density at radius 2 is 2.03 bits per heavy atom. The van der Waals surface area contributed by atoms with Gasteiger partial charge in [-0.15, -0.1) is 6.42 Å². The van der Waals surface area contributed by atoms with E-state index in [9.17, 15) is 0 Å². The van der Waals surface area contributed by atoms with E-state index in [4.69, 9.17) is 15.9 Å². The molecule has 142 valence electrons. The van der Waals surface area contributed by atoms with Gasteiger partial charge in [0, 0.05) is 19.0 Å². The van der Waals surface area contributed by atoms with Crippen molar-refractivity contribution in [1.29, 1.82) is 0 Å². The van der Waals surface area contributed by atoms with Crippen molar-refractivity contribution < 1.29 is 9.47 Å². The summed E-state index contributed by atoms with van der Waals surface area (Å²) in [6.07, 6.45) is 8.53. The molecule has 0 saturated heterocycles. The van der Waals surface area contributed by atoms with Crippen molar-refractivity contribution in [3.63, 3.8) is 0 Å². The number of terminal acetylenes is 1. The number of rotatable bonds is 4. The fraction of sp³-hybridized carbons (Fsp3) is 0.136. The molecular weight excluding hydrogens is 366 g/mol. The third-order valence-electron chi connectivity index (χ3n) is 4.68. The Morgan fingerprint density at radius 3 is 2.93 bits per heavy atom. The Bertz CT molecular complexity index is 1260. The van der Waals surface area contributed by atoms with Gasteiger partial charge in [0.25, 0.3) is 0 Å². The summed E-state index contributed by atoms with van der Waals surface area (Å²) in [7, 11) is 0. The molecule has 5 rings (SSSR count). The lowest BCUT2D eigenvalue weighted by Gasteiger charge is -2.08. The average molecular weight is 383 g/mol. The van der Waals surface area contributed by atoms with Crippen LogP contribution < -0.4 is 14.8 Å². The summed E-state index contributed by atoms with van der Waals surface area (Å²) in [6.45, 7) is 2.45. The van der Waals surface area contributed by atoms with E-state index >= 15 is 0 Å². The highest BCUT2D eigenvalue weighted by Gasteiger charge is 2.20. The van der Waals surface area contributed by atoms with Crippen LogP contribution in [-0.2, 0) is 6.54 Å². The lowest BCUT2D eigenvalue weighted by atomic mass is 10.2. The van der Waals surface area contributed by atoms with Crippen LogP contribution in [0.1, 0.15) is 18.1 Å². The molecule has 7 nitrogen and oxygen atoms in total. The van der Waals surface area contributed by atoms with Crippen LogP contribution in [0.5, 0.6) is 11.5 Å². The van der Waals surface area contributed by atoms with Gasteiger partial charge in [0.2, 0.25) is 6.29 Å². The van der Waals surface area contributed by atoms with Gasteiger partial charge in [-0.2, -0.15) is 5.10 Å². The second-order valence-electron chi connectivity index (χ2n) is 6.65. The van der Waals surface area contributed by atoms with Crippen LogP contribution in [0.25, 0.3) is 16.7 Å². The maximum absolute atomic E-state index is 5.64. The average Bonchev–Trinajstić information content (AvgIpc) is 3.34. The number of ether oxygens (including phenoxy) is 2. The summed E-state index contributed by atoms with van der Waals surface area (Å²) in [5.41, 5.74) is 3.40. The van der Waals surface area contributed by atoms with Crippen LogP contribution in [0.15, 0.2) is 55.0 Å². The second-order valence-corrected chi connectivity index (χ2v) is 6.65. The third kappa shape index (κ3) is 3.11. The van der Waals surface area contributed by atoms with Crippen molar-refractivity contribution >= 4 is 16.9 Å². The van der Waals surface area contributed by atoms with E-state index in [0.29, 0.717) is 18.0 Å². The van der Waals surface area contributed by atoms with Crippen LogP contribution >= 0.6 is 0 Å². The standard InChI is InChI=1S/C22H17N5O2/c1-3-15-5-4-6-17(9-15)27-22-18(12-26-27)21(24-13-25-22)23-11-16-7-8-19-20(10-16)29-14(2)28-19/h1,4-10,12-14H,11H2,2H3,(H,23,24,25). The smallest absolute Gasteiger partial charge is 0.238 e. The van der Waals surface area contributed by atoms with Crippen LogP contribution in [0.2, 0.25) is 0 Å². The summed E-state index contributed by atoms with van der Waals surface area (Å²) < 4.78 is 12.9. The summed E-state index contributed by atoms with van der Waals surface area (Å²) >= 11 is 0. The van der Waals surface area contributed by atoms with Crippen molar-refractivity contribution in [3.8, 4) is 29.5 Å². The van der Waals surface area contributed by atoms with Crippen molar-refractivity contribution in [2.45, 2.75) is 19.8 Å². The Labute approximate surface area is 167 Å². The first-order valence-corrected chi connectivity index (χ1v) is 9.17. The predicted octanol–water partition coefficient (Wildman–Crippen LogP) is 3.53. The highest BCUT2D eigenvalue weighted by molar-refractivity contribution is 5.87. The maximum Gasteiger partial charge on any atom is 0.238 e. The Hall–Kier alpha value is -4.05. The number of nitrogens with zero attached hydrogens (tertiary/aromatic N) is 4. The zero-order valence-electron chi connectivity index (χ0n) is 15.7. The summed E-state index contributed by atoms with van der Waals surface area (Å²) in [4.78, 5) is 8.79. The summed E-state index contributed by atoms with van der Waals surface area (Å²) in [5, 5.41) is 8.67. The number of hydrogen-bond donors (Lipinski definition) is 1. The molecule has 0 saturated carbocycles. The first-order valence-electron chi connectivity index (χ1n) is 9.17. The largest absolute Gasteiger partial charge is 0.451 e. The molecule has 3 heterocycles. The lowest BCUT2D eigenvalue weighted by molar-refractivity contribution is 0.0678. The molecule has 0 aliphatic carbocycles. The van der Waals surface area contributed by atoms with E-state index in [1.54, 1.807) is 10.9 Å². The van der Waals surface area contributed by atoms with Crippen LogP contribution in [0.3, 0.4) is 0 Å². The minimum absolute atomic E-state index is 0.256. The molecule has 0 radical (unpaired) electrons. The molecule has 1 N–H and O–H groups in total. The second kappa shape index (κ2) is 6.84. The molecule has 0 amide bonds. The van der Waals surface area contributed by atoms with Gasteiger partial charge in [0.1, 0.15) is 12.1 Å². The molecule has 1 aliphatic rings. The van der Waals surface area contributed by atoms with Crippen molar-refractivity contribution in [3.05, 3.63) is 66.1 Å². The SMILES string of the molecule is C#Cc1cccc(-n2ncc3c(NCc4ccc5c(c4)OC(C)O5)ncnc32)c1. The van der Waals surface area contributed by atoms with Gasteiger partial charge in [0.05, 0.1) is 17.3 Å². The van der Waals surface area contributed by atoms with Gasteiger partial charge in [-0.3, -0.25) is 0 Å². The highest BCUT2D eigenvalue weighted by Crippen LogP contribution is 2.35. The van der Waals surface area contributed by atoms with Gasteiger partial charge in [-0.25, -0.2) is 14.6 Å². The van der Waals surface area contributed by atoms with Crippen LogP contribution in [0.4, 0.5) is 5.82 Å². The zero-order chi connectivity index (χ0) is 19.8. The molecule has 0 spiro atoms. The van der Waals surface area contributed by atoms with Gasteiger partial charge < -0.3 is 14.8 Å². The number of anilines is 1. The van der Waals surface area contributed by atoms with Crippen LogP contribution in [-0.4, -0.2) is 26.0 Å². The summed E-state index contributed by atoms with van der Waals surface area (Å²) in [5.74, 6) is 4.87. The van der Waals surface area contributed by atoms with E-state index in [1.165, 1.54) is 6.33 Å². The summed E-state index contributed by atoms with van der Waals surface area (Å²) in [6, 6.07) is 13.5. The van der Waals surface area contributed by atoms with E-state index in [2.05, 4.69) is 26.3 Å². The normalized spacial score (nSPS) is 14.7. The van der Waals surface area contributed by atoms with Crippen LogP contribution in [0, 0.1) is 12.3 Å². The van der Waals surface area contributed by atoms with Gasteiger partial charge >= 0.3 is 0 Å². The number of benzene rings is 2. The topological polar surface area (TPSA) is 74.1 Å². The molecule has 7 heteroatoms. The molecule has 2 aromatic heterocycles. The Balaban J connectivity index is 1.42. The first-order chi connectivity index (χ1) is 14.2. The molecular formula is C22H17N5O2. The first kappa shape index (κ1) is 17.1. The van der Waals surface area contributed by atoms with E-state index < -0.39 is 0 Å². The number of aromatic nitrogens is 4. The highest BCUT2D eigenvalue weighted by atomic mass is 16.7. The van der Waals surface area contributed by atoms with Gasteiger partial charge in [-0.1, -0.05) is 18.1 Å². The fourth-order valence-corrected chi connectivity index (χ4v) is 3.32. The van der Waals surface area contributed by atoms with Crippen molar-refractivity contribution in [1.82, 2.24) is 19.7 Å².